The summed E-state index contributed by atoms with van der Waals surface area (Å²) in [6.07, 6.45) is 5.88. The Kier molecular flexibility index (Phi) is 2.62. The van der Waals surface area contributed by atoms with Crippen LogP contribution in [0.1, 0.15) is 42.5 Å². The molecule has 0 aromatic carbocycles. The van der Waals surface area contributed by atoms with Crippen molar-refractivity contribution >= 4 is 17.4 Å². The molecule has 0 radical (unpaired) electrons. The molecule has 1 aromatic heterocycles. The largest absolute Gasteiger partial charge is 0.465 e. The van der Waals surface area contributed by atoms with Crippen molar-refractivity contribution in [2.24, 2.45) is 5.92 Å². The highest BCUT2D eigenvalue weighted by molar-refractivity contribution is 7.10. The van der Waals surface area contributed by atoms with E-state index in [4.69, 9.17) is 5.11 Å². The van der Waals surface area contributed by atoms with Gasteiger partial charge in [0.25, 0.3) is 0 Å². The van der Waals surface area contributed by atoms with Gasteiger partial charge in [0.05, 0.1) is 5.54 Å². The van der Waals surface area contributed by atoms with Crippen LogP contribution in [0.4, 0.5) is 4.79 Å². The van der Waals surface area contributed by atoms with Crippen LogP contribution in [0.3, 0.4) is 0 Å². The fraction of sp³-hybridized carbons (Fsp3) is 0.615. The molecule has 1 amide bonds. The predicted molar refractivity (Wildman–Crippen MR) is 67.4 cm³/mol. The van der Waals surface area contributed by atoms with E-state index in [0.29, 0.717) is 5.92 Å². The first-order chi connectivity index (χ1) is 8.22. The molecule has 0 aliphatic heterocycles. The summed E-state index contributed by atoms with van der Waals surface area (Å²) in [4.78, 5) is 12.5. The van der Waals surface area contributed by atoms with Gasteiger partial charge in [-0.3, -0.25) is 0 Å². The summed E-state index contributed by atoms with van der Waals surface area (Å²) in [5, 5.41) is 14.1. The maximum Gasteiger partial charge on any atom is 0.405 e. The average Bonchev–Trinajstić information content (AvgIpc) is 2.77. The van der Waals surface area contributed by atoms with E-state index in [0.717, 1.165) is 32.1 Å². The number of hydrogen-bond donors (Lipinski definition) is 2. The van der Waals surface area contributed by atoms with Crippen LogP contribution in [-0.4, -0.2) is 11.2 Å². The van der Waals surface area contributed by atoms with E-state index in [1.54, 1.807) is 11.3 Å². The number of aryl methyl sites for hydroxylation is 1. The number of carboxylic acid groups (broad SMARTS) is 1. The van der Waals surface area contributed by atoms with E-state index < -0.39 is 6.09 Å². The van der Waals surface area contributed by atoms with E-state index in [-0.39, 0.29) is 5.54 Å². The van der Waals surface area contributed by atoms with E-state index in [2.05, 4.69) is 16.8 Å². The lowest BCUT2D eigenvalue weighted by molar-refractivity contribution is 0.109. The van der Waals surface area contributed by atoms with Crippen molar-refractivity contribution in [3.63, 3.8) is 0 Å². The van der Waals surface area contributed by atoms with Gasteiger partial charge in [0, 0.05) is 4.88 Å². The molecule has 0 bridgehead atoms. The van der Waals surface area contributed by atoms with E-state index in [9.17, 15) is 4.79 Å². The molecular formula is C13H17NO2S. The molecule has 0 unspecified atom stereocenters. The Bertz CT molecular complexity index is 442. The van der Waals surface area contributed by atoms with Crippen LogP contribution in [-0.2, 0) is 12.0 Å². The summed E-state index contributed by atoms with van der Waals surface area (Å²) in [6, 6.07) is 2.13. The van der Waals surface area contributed by atoms with E-state index in [1.165, 1.54) is 16.9 Å². The van der Waals surface area contributed by atoms with Crippen molar-refractivity contribution in [1.82, 2.24) is 5.32 Å². The molecule has 2 aliphatic carbocycles. The van der Waals surface area contributed by atoms with Gasteiger partial charge >= 0.3 is 6.09 Å². The first-order valence-corrected chi connectivity index (χ1v) is 7.18. The third-order valence-electron chi connectivity index (χ3n) is 4.35. The number of amides is 1. The van der Waals surface area contributed by atoms with Crippen molar-refractivity contribution in [3.05, 3.63) is 21.9 Å². The summed E-state index contributed by atoms with van der Waals surface area (Å²) >= 11 is 1.77. The zero-order chi connectivity index (χ0) is 11.9. The number of rotatable bonds is 1. The second kappa shape index (κ2) is 4.02. The van der Waals surface area contributed by atoms with Crippen LogP contribution in [0.2, 0.25) is 0 Å². The zero-order valence-electron chi connectivity index (χ0n) is 9.74. The van der Waals surface area contributed by atoms with Gasteiger partial charge in [-0.15, -0.1) is 11.3 Å². The summed E-state index contributed by atoms with van der Waals surface area (Å²) in [7, 11) is 0. The van der Waals surface area contributed by atoms with E-state index in [1.807, 2.05) is 0 Å². The third-order valence-corrected chi connectivity index (χ3v) is 5.33. The lowest BCUT2D eigenvalue weighted by Gasteiger charge is -2.47. The van der Waals surface area contributed by atoms with Gasteiger partial charge in [0.1, 0.15) is 0 Å². The molecule has 1 heterocycles. The number of nitrogens with one attached hydrogen (secondary N) is 1. The normalized spacial score (nSPS) is 31.4. The molecule has 4 heteroatoms. The standard InChI is InChI=1S/C13H17NO2S/c15-12(16)14-13-7-2-1-3-9(13)4-5-11-10(13)6-8-17-11/h6,8-9,14H,1-5,7H2,(H,15,16)/t9-,13+/m1/s1. The highest BCUT2D eigenvalue weighted by Gasteiger charge is 2.47. The lowest BCUT2D eigenvalue weighted by Crippen LogP contribution is -2.54. The van der Waals surface area contributed by atoms with Gasteiger partial charge < -0.3 is 10.4 Å². The van der Waals surface area contributed by atoms with Gasteiger partial charge in [-0.05, 0) is 48.6 Å². The maximum absolute atomic E-state index is 11.1. The molecule has 17 heavy (non-hydrogen) atoms. The Morgan fingerprint density at radius 2 is 2.35 bits per heavy atom. The molecule has 1 aromatic rings. The van der Waals surface area contributed by atoms with Crippen LogP contribution >= 0.6 is 11.3 Å². The summed E-state index contributed by atoms with van der Waals surface area (Å²) in [5.74, 6) is 0.495. The quantitative estimate of drug-likeness (QED) is 0.804. The monoisotopic (exact) mass is 251 g/mol. The van der Waals surface area contributed by atoms with Gasteiger partial charge in [-0.1, -0.05) is 12.8 Å². The highest BCUT2D eigenvalue weighted by Crippen LogP contribution is 2.49. The minimum atomic E-state index is -0.879. The second-order valence-corrected chi connectivity index (χ2v) is 6.14. The van der Waals surface area contributed by atoms with Gasteiger partial charge in [-0.25, -0.2) is 4.79 Å². The topological polar surface area (TPSA) is 49.3 Å². The van der Waals surface area contributed by atoms with Crippen molar-refractivity contribution < 1.29 is 9.90 Å². The van der Waals surface area contributed by atoms with Crippen molar-refractivity contribution in [2.45, 2.75) is 44.1 Å². The number of thiophene rings is 1. The first-order valence-electron chi connectivity index (χ1n) is 6.30. The van der Waals surface area contributed by atoms with Gasteiger partial charge in [0.15, 0.2) is 0 Å². The van der Waals surface area contributed by atoms with Crippen LogP contribution in [0.15, 0.2) is 11.4 Å². The Labute approximate surface area is 105 Å². The molecule has 0 spiro atoms. The smallest absolute Gasteiger partial charge is 0.405 e. The second-order valence-electron chi connectivity index (χ2n) is 5.14. The van der Waals surface area contributed by atoms with Crippen molar-refractivity contribution in [3.8, 4) is 0 Å². The SMILES string of the molecule is O=C(O)N[C@@]12CCCC[C@@H]1CCc1sccc12. The van der Waals surface area contributed by atoms with Crippen molar-refractivity contribution in [1.29, 1.82) is 0 Å². The first kappa shape index (κ1) is 11.1. The van der Waals surface area contributed by atoms with Gasteiger partial charge in [0.2, 0.25) is 0 Å². The van der Waals surface area contributed by atoms with Crippen LogP contribution in [0.25, 0.3) is 0 Å². The molecule has 1 saturated carbocycles. The molecular weight excluding hydrogens is 234 g/mol. The van der Waals surface area contributed by atoms with Crippen LogP contribution in [0.5, 0.6) is 0 Å². The molecule has 3 nitrogen and oxygen atoms in total. The minimum Gasteiger partial charge on any atom is -0.465 e. The molecule has 2 N–H and O–H groups in total. The fourth-order valence-electron chi connectivity index (χ4n) is 3.65. The summed E-state index contributed by atoms with van der Waals surface area (Å²) in [5.41, 5.74) is 0.985. The molecule has 0 saturated heterocycles. The van der Waals surface area contributed by atoms with Crippen molar-refractivity contribution in [2.75, 3.05) is 0 Å². The Hall–Kier alpha value is -1.03. The number of carbonyl (C=O) groups is 1. The average molecular weight is 251 g/mol. The Balaban J connectivity index is 2.06. The third kappa shape index (κ3) is 1.66. The maximum atomic E-state index is 11.1. The highest BCUT2D eigenvalue weighted by atomic mass is 32.1. The molecule has 3 rings (SSSR count). The molecule has 1 fully saturated rings. The summed E-state index contributed by atoms with van der Waals surface area (Å²) < 4.78 is 0. The number of fused-ring (bicyclic) bond motifs is 3. The Morgan fingerprint density at radius 3 is 3.18 bits per heavy atom. The molecule has 92 valence electrons. The summed E-state index contributed by atoms with van der Waals surface area (Å²) in [6.45, 7) is 0. The van der Waals surface area contributed by atoms with E-state index >= 15 is 0 Å². The zero-order valence-corrected chi connectivity index (χ0v) is 10.6. The lowest BCUT2D eigenvalue weighted by atomic mass is 9.64. The van der Waals surface area contributed by atoms with Crippen LogP contribution in [0, 0.1) is 5.92 Å². The predicted octanol–water partition coefficient (Wildman–Crippen LogP) is 3.35. The number of hydrogen-bond acceptors (Lipinski definition) is 2. The molecule has 2 aliphatic rings. The Morgan fingerprint density at radius 1 is 1.47 bits per heavy atom. The minimum absolute atomic E-state index is 0.280. The van der Waals surface area contributed by atoms with Crippen LogP contribution < -0.4 is 5.32 Å². The fourth-order valence-corrected chi connectivity index (χ4v) is 4.63. The van der Waals surface area contributed by atoms with Gasteiger partial charge in [-0.2, -0.15) is 0 Å². The molecule has 2 atom stereocenters.